The minimum Gasteiger partial charge on any atom is -0.259 e. The minimum atomic E-state index is 0.611. The predicted octanol–water partition coefficient (Wildman–Crippen LogP) is 4.97. The molecule has 0 bridgehead atoms. The summed E-state index contributed by atoms with van der Waals surface area (Å²) in [6, 6.07) is 22.0. The maximum Gasteiger partial charge on any atom is 0.190 e. The highest BCUT2D eigenvalue weighted by molar-refractivity contribution is 5.72. The topological polar surface area (TPSA) is 17.2 Å². The molecule has 20 heavy (non-hydrogen) atoms. The molecule has 1 aromatic heterocycles. The molecule has 2 heteroatoms. The third-order valence-corrected chi connectivity index (χ3v) is 3.14. The first-order chi connectivity index (χ1) is 9.86. The van der Waals surface area contributed by atoms with Gasteiger partial charge < -0.3 is 0 Å². The minimum absolute atomic E-state index is 0.611. The van der Waals surface area contributed by atoms with E-state index < -0.39 is 0 Å². The molecule has 2 nitrogen and oxygen atoms in total. The van der Waals surface area contributed by atoms with E-state index in [2.05, 4.69) is 34.1 Å². The first-order valence-electron chi connectivity index (χ1n) is 6.36. The number of hydrogen-bond donors (Lipinski definition) is 0. The SMILES string of the molecule is [C-]#[N+]c1ccnc(-c2cccc(-c3ccccc3)c2)c1. The van der Waals surface area contributed by atoms with Crippen molar-refractivity contribution >= 4 is 5.69 Å². The van der Waals surface area contributed by atoms with Gasteiger partial charge in [-0.2, -0.15) is 0 Å². The summed E-state index contributed by atoms with van der Waals surface area (Å²) in [5.41, 5.74) is 4.79. The summed E-state index contributed by atoms with van der Waals surface area (Å²) in [4.78, 5) is 7.80. The Hall–Kier alpha value is -2.92. The lowest BCUT2D eigenvalue weighted by Gasteiger charge is -2.05. The Kier molecular flexibility index (Phi) is 3.26. The first kappa shape index (κ1) is 12.1. The molecule has 3 aromatic rings. The first-order valence-corrected chi connectivity index (χ1v) is 6.36. The number of aromatic nitrogens is 1. The Morgan fingerprint density at radius 3 is 2.30 bits per heavy atom. The van der Waals surface area contributed by atoms with Crippen LogP contribution in [-0.4, -0.2) is 4.98 Å². The second-order valence-corrected chi connectivity index (χ2v) is 4.46. The molecule has 94 valence electrons. The van der Waals surface area contributed by atoms with E-state index in [1.54, 1.807) is 12.3 Å². The molecular weight excluding hydrogens is 244 g/mol. The van der Waals surface area contributed by atoms with Gasteiger partial charge in [-0.05, 0) is 34.9 Å². The average molecular weight is 256 g/mol. The van der Waals surface area contributed by atoms with Gasteiger partial charge in [0.2, 0.25) is 0 Å². The summed E-state index contributed by atoms with van der Waals surface area (Å²) in [6.45, 7) is 7.08. The summed E-state index contributed by atoms with van der Waals surface area (Å²) in [5, 5.41) is 0. The van der Waals surface area contributed by atoms with Crippen molar-refractivity contribution in [2.24, 2.45) is 0 Å². The smallest absolute Gasteiger partial charge is 0.190 e. The molecule has 0 aliphatic carbocycles. The number of pyridine rings is 1. The number of benzene rings is 2. The number of hydrogen-bond acceptors (Lipinski definition) is 1. The zero-order valence-corrected chi connectivity index (χ0v) is 10.8. The summed E-state index contributed by atoms with van der Waals surface area (Å²) in [7, 11) is 0. The maximum atomic E-state index is 7.08. The maximum absolute atomic E-state index is 7.08. The molecular formula is C18H12N2. The van der Waals surface area contributed by atoms with Gasteiger partial charge in [0.1, 0.15) is 0 Å². The third-order valence-electron chi connectivity index (χ3n) is 3.14. The fraction of sp³-hybridized carbons (Fsp3) is 0. The van der Waals surface area contributed by atoms with Crippen LogP contribution >= 0.6 is 0 Å². The van der Waals surface area contributed by atoms with E-state index in [0.717, 1.165) is 16.8 Å². The summed E-state index contributed by atoms with van der Waals surface area (Å²) < 4.78 is 0. The number of rotatable bonds is 2. The lowest BCUT2D eigenvalue weighted by atomic mass is 10.0. The Balaban J connectivity index is 2.06. The van der Waals surface area contributed by atoms with Crippen LogP contribution < -0.4 is 0 Å². The molecule has 1 heterocycles. The molecule has 0 aliphatic rings. The van der Waals surface area contributed by atoms with Crippen LogP contribution in [0.5, 0.6) is 0 Å². The van der Waals surface area contributed by atoms with Gasteiger partial charge in [-0.25, -0.2) is 4.85 Å². The van der Waals surface area contributed by atoms with Gasteiger partial charge in [-0.15, -0.1) is 0 Å². The third kappa shape index (κ3) is 2.43. The van der Waals surface area contributed by atoms with Crippen molar-refractivity contribution in [3.8, 4) is 22.4 Å². The monoisotopic (exact) mass is 256 g/mol. The fourth-order valence-electron chi connectivity index (χ4n) is 2.14. The molecule has 0 amide bonds. The van der Waals surface area contributed by atoms with E-state index in [-0.39, 0.29) is 0 Å². The Labute approximate surface area is 118 Å². The van der Waals surface area contributed by atoms with E-state index >= 15 is 0 Å². The van der Waals surface area contributed by atoms with Gasteiger partial charge in [0.15, 0.2) is 5.69 Å². The molecule has 3 rings (SSSR count). The van der Waals surface area contributed by atoms with Crippen molar-refractivity contribution < 1.29 is 0 Å². The molecule has 0 aliphatic heterocycles. The van der Waals surface area contributed by atoms with Crippen LogP contribution in [0.15, 0.2) is 72.9 Å². The van der Waals surface area contributed by atoms with Crippen molar-refractivity contribution in [3.63, 3.8) is 0 Å². The fourth-order valence-corrected chi connectivity index (χ4v) is 2.14. The second kappa shape index (κ2) is 5.38. The summed E-state index contributed by atoms with van der Waals surface area (Å²) >= 11 is 0. The van der Waals surface area contributed by atoms with Crippen molar-refractivity contribution in [2.75, 3.05) is 0 Å². The van der Waals surface area contributed by atoms with Gasteiger partial charge in [0.05, 0.1) is 12.3 Å². The van der Waals surface area contributed by atoms with E-state index in [4.69, 9.17) is 6.57 Å². The van der Waals surface area contributed by atoms with E-state index in [1.165, 1.54) is 5.56 Å². The molecule has 0 saturated carbocycles. The quantitative estimate of drug-likeness (QED) is 0.592. The molecule has 0 saturated heterocycles. The molecule has 0 atom stereocenters. The highest BCUT2D eigenvalue weighted by atomic mass is 14.7. The normalized spacial score (nSPS) is 9.95. The van der Waals surface area contributed by atoms with Crippen molar-refractivity contribution in [1.29, 1.82) is 0 Å². The zero-order valence-electron chi connectivity index (χ0n) is 10.8. The molecule has 0 unspecified atom stereocenters. The van der Waals surface area contributed by atoms with Gasteiger partial charge in [0.25, 0.3) is 0 Å². The lowest BCUT2D eigenvalue weighted by molar-refractivity contribution is 1.33. The van der Waals surface area contributed by atoms with E-state index in [1.807, 2.05) is 36.4 Å². The average Bonchev–Trinajstić information content (AvgIpc) is 2.56. The highest BCUT2D eigenvalue weighted by Crippen LogP contribution is 2.26. The van der Waals surface area contributed by atoms with E-state index in [9.17, 15) is 0 Å². The van der Waals surface area contributed by atoms with Crippen LogP contribution in [0.1, 0.15) is 0 Å². The molecule has 0 radical (unpaired) electrons. The molecule has 0 fully saturated rings. The van der Waals surface area contributed by atoms with Gasteiger partial charge in [-0.1, -0.05) is 48.5 Å². The van der Waals surface area contributed by atoms with Crippen LogP contribution in [0.3, 0.4) is 0 Å². The predicted molar refractivity (Wildman–Crippen MR) is 81.4 cm³/mol. The van der Waals surface area contributed by atoms with Crippen LogP contribution in [0.2, 0.25) is 0 Å². The van der Waals surface area contributed by atoms with Crippen LogP contribution in [-0.2, 0) is 0 Å². The van der Waals surface area contributed by atoms with Crippen LogP contribution in [0.25, 0.3) is 27.2 Å². The number of nitrogens with zero attached hydrogens (tertiary/aromatic N) is 2. The molecule has 2 aromatic carbocycles. The highest BCUT2D eigenvalue weighted by Gasteiger charge is 2.03. The van der Waals surface area contributed by atoms with Crippen molar-refractivity contribution in [1.82, 2.24) is 4.98 Å². The zero-order chi connectivity index (χ0) is 13.8. The Bertz CT molecular complexity index is 771. The summed E-state index contributed by atoms with van der Waals surface area (Å²) in [6.07, 6.45) is 1.68. The molecule has 0 N–H and O–H groups in total. The standard InChI is InChI=1S/C18H12N2/c1-19-17-10-11-20-18(13-17)16-9-5-8-15(12-16)14-6-3-2-4-7-14/h2-13H. The van der Waals surface area contributed by atoms with Gasteiger partial charge in [-0.3, -0.25) is 4.98 Å². The Morgan fingerprint density at radius 2 is 1.50 bits per heavy atom. The van der Waals surface area contributed by atoms with Crippen LogP contribution in [0.4, 0.5) is 5.69 Å². The lowest BCUT2D eigenvalue weighted by Crippen LogP contribution is -1.84. The van der Waals surface area contributed by atoms with Crippen LogP contribution in [0, 0.1) is 6.57 Å². The summed E-state index contributed by atoms with van der Waals surface area (Å²) in [5.74, 6) is 0. The molecule has 0 spiro atoms. The van der Waals surface area contributed by atoms with Crippen molar-refractivity contribution in [3.05, 3.63) is 84.3 Å². The van der Waals surface area contributed by atoms with Gasteiger partial charge >= 0.3 is 0 Å². The second-order valence-electron chi connectivity index (χ2n) is 4.46. The Morgan fingerprint density at radius 1 is 0.750 bits per heavy atom. The van der Waals surface area contributed by atoms with E-state index in [0.29, 0.717) is 5.69 Å². The van der Waals surface area contributed by atoms with Crippen molar-refractivity contribution in [2.45, 2.75) is 0 Å². The van der Waals surface area contributed by atoms with Gasteiger partial charge in [0, 0.05) is 6.20 Å². The largest absolute Gasteiger partial charge is 0.259 e.